The lowest BCUT2D eigenvalue weighted by Crippen LogP contribution is -2.23. The maximum Gasteiger partial charge on any atom is 0.414 e. The second kappa shape index (κ2) is 7.78. The fraction of sp³-hybridized carbons (Fsp3) is 0.143. The van der Waals surface area contributed by atoms with Gasteiger partial charge in [-0.1, -0.05) is 11.8 Å². The zero-order valence-corrected chi connectivity index (χ0v) is 16.1. The number of carbonyl (C=O) groups excluding carboxylic acids is 1. The first-order valence-electron chi connectivity index (χ1n) is 9.17. The predicted molar refractivity (Wildman–Crippen MR) is 110 cm³/mol. The number of aromatic amines is 1. The molecule has 1 aliphatic heterocycles. The average molecular weight is 407 g/mol. The number of allylic oxidation sites excluding steroid dienone is 2. The van der Waals surface area contributed by atoms with Crippen LogP contribution >= 0.6 is 0 Å². The van der Waals surface area contributed by atoms with Gasteiger partial charge in [-0.05, 0) is 55.0 Å². The zero-order chi connectivity index (χ0) is 21.3. The smallest absolute Gasteiger partial charge is 0.414 e. The van der Waals surface area contributed by atoms with E-state index in [-0.39, 0.29) is 17.2 Å². The van der Waals surface area contributed by atoms with Crippen molar-refractivity contribution in [3.05, 3.63) is 76.6 Å². The number of rotatable bonds is 5. The van der Waals surface area contributed by atoms with Gasteiger partial charge in [0.25, 0.3) is 5.56 Å². The Balaban J connectivity index is 1.64. The number of aromatic nitrogens is 4. The Bertz CT molecular complexity index is 1210. The third kappa shape index (κ3) is 3.64. The summed E-state index contributed by atoms with van der Waals surface area (Å²) in [6.45, 7) is 5.94. The third-order valence-electron chi connectivity index (χ3n) is 4.72. The molecular formula is C21H18FN5O3. The Labute approximate surface area is 170 Å². The SMILES string of the molecule is C=C/C(F)=C\c1cc(-c2cn(-c3ccc(N4CCOC4=O)cc3)nn2)c(=O)[nH]c1C. The highest BCUT2D eigenvalue weighted by atomic mass is 19.1. The molecule has 0 atom stereocenters. The number of ether oxygens (including phenoxy) is 1. The first-order valence-corrected chi connectivity index (χ1v) is 9.17. The van der Waals surface area contributed by atoms with E-state index >= 15 is 0 Å². The van der Waals surface area contributed by atoms with Gasteiger partial charge in [0.2, 0.25) is 0 Å². The summed E-state index contributed by atoms with van der Waals surface area (Å²) in [5.41, 5.74) is 2.73. The summed E-state index contributed by atoms with van der Waals surface area (Å²) in [6.07, 6.45) is 3.61. The standard InChI is InChI=1S/C21H18FN5O3/c1-3-15(22)10-14-11-18(20(28)23-13(14)2)19-12-27(25-24-19)17-6-4-16(5-7-17)26-8-9-30-21(26)29/h3-7,10-12H,1,8-9H2,2H3,(H,23,28)/b15-10+. The molecule has 0 unspecified atom stereocenters. The predicted octanol–water partition coefficient (Wildman–Crippen LogP) is 3.38. The van der Waals surface area contributed by atoms with Gasteiger partial charge in [-0.2, -0.15) is 0 Å². The molecule has 3 heterocycles. The van der Waals surface area contributed by atoms with Crippen LogP contribution in [0.5, 0.6) is 0 Å². The number of amides is 1. The van der Waals surface area contributed by atoms with Crippen LogP contribution in [0.25, 0.3) is 23.0 Å². The highest BCUT2D eigenvalue weighted by Gasteiger charge is 2.23. The molecule has 1 aliphatic rings. The molecular weight excluding hydrogens is 389 g/mol. The van der Waals surface area contributed by atoms with Gasteiger partial charge in [0.1, 0.15) is 18.1 Å². The second-order valence-corrected chi connectivity index (χ2v) is 6.66. The zero-order valence-electron chi connectivity index (χ0n) is 16.1. The summed E-state index contributed by atoms with van der Waals surface area (Å²) in [6, 6.07) is 8.69. The van der Waals surface area contributed by atoms with Gasteiger partial charge in [0, 0.05) is 11.4 Å². The average Bonchev–Trinajstić information content (AvgIpc) is 3.39. The maximum absolute atomic E-state index is 13.6. The summed E-state index contributed by atoms with van der Waals surface area (Å²) in [5.74, 6) is -0.512. The minimum atomic E-state index is -0.512. The minimum absolute atomic E-state index is 0.270. The highest BCUT2D eigenvalue weighted by molar-refractivity contribution is 5.89. The molecule has 4 rings (SSSR count). The minimum Gasteiger partial charge on any atom is -0.447 e. The number of nitrogens with zero attached hydrogens (tertiary/aromatic N) is 4. The van der Waals surface area contributed by atoms with Crippen LogP contribution in [0.2, 0.25) is 0 Å². The highest BCUT2D eigenvalue weighted by Crippen LogP contribution is 2.22. The molecule has 1 N–H and O–H groups in total. The molecule has 0 bridgehead atoms. The van der Waals surface area contributed by atoms with Gasteiger partial charge >= 0.3 is 6.09 Å². The Hall–Kier alpha value is -4.01. The topological polar surface area (TPSA) is 93.1 Å². The van der Waals surface area contributed by atoms with Crippen LogP contribution in [0.3, 0.4) is 0 Å². The van der Waals surface area contributed by atoms with Crippen molar-refractivity contribution in [3.63, 3.8) is 0 Å². The van der Waals surface area contributed by atoms with Gasteiger partial charge in [-0.15, -0.1) is 5.10 Å². The Morgan fingerprint density at radius 2 is 2.00 bits per heavy atom. The number of anilines is 1. The molecule has 1 fully saturated rings. The van der Waals surface area contributed by atoms with Crippen molar-refractivity contribution < 1.29 is 13.9 Å². The molecule has 30 heavy (non-hydrogen) atoms. The summed E-state index contributed by atoms with van der Waals surface area (Å²) in [5, 5.41) is 8.16. The molecule has 8 nitrogen and oxygen atoms in total. The van der Waals surface area contributed by atoms with Crippen molar-refractivity contribution in [1.29, 1.82) is 0 Å². The lowest BCUT2D eigenvalue weighted by Gasteiger charge is -2.12. The van der Waals surface area contributed by atoms with Crippen molar-refractivity contribution in [2.75, 3.05) is 18.1 Å². The van der Waals surface area contributed by atoms with Crippen molar-refractivity contribution in [2.24, 2.45) is 0 Å². The number of hydrogen-bond acceptors (Lipinski definition) is 5. The number of aryl methyl sites for hydroxylation is 1. The van der Waals surface area contributed by atoms with E-state index in [9.17, 15) is 14.0 Å². The molecule has 152 valence electrons. The molecule has 0 radical (unpaired) electrons. The Morgan fingerprint density at radius 3 is 2.67 bits per heavy atom. The molecule has 1 aromatic carbocycles. The van der Waals surface area contributed by atoms with Gasteiger partial charge in [0.15, 0.2) is 0 Å². The maximum atomic E-state index is 13.6. The summed E-state index contributed by atoms with van der Waals surface area (Å²) >= 11 is 0. The van der Waals surface area contributed by atoms with Crippen LogP contribution < -0.4 is 10.5 Å². The molecule has 9 heteroatoms. The molecule has 1 saturated heterocycles. The van der Waals surface area contributed by atoms with E-state index in [2.05, 4.69) is 21.9 Å². The van der Waals surface area contributed by atoms with Crippen LogP contribution in [0.1, 0.15) is 11.3 Å². The summed E-state index contributed by atoms with van der Waals surface area (Å²) in [7, 11) is 0. The Morgan fingerprint density at radius 1 is 1.27 bits per heavy atom. The second-order valence-electron chi connectivity index (χ2n) is 6.66. The van der Waals surface area contributed by atoms with E-state index in [1.54, 1.807) is 48.4 Å². The van der Waals surface area contributed by atoms with Crippen LogP contribution in [-0.2, 0) is 4.74 Å². The van der Waals surface area contributed by atoms with Gasteiger partial charge in [-0.25, -0.2) is 13.9 Å². The van der Waals surface area contributed by atoms with E-state index in [4.69, 9.17) is 4.74 Å². The fourth-order valence-corrected chi connectivity index (χ4v) is 3.11. The lowest BCUT2D eigenvalue weighted by atomic mass is 10.1. The number of carbonyl (C=O) groups is 1. The molecule has 3 aromatic rings. The monoisotopic (exact) mass is 407 g/mol. The molecule has 0 saturated carbocycles. The van der Waals surface area contributed by atoms with E-state index in [0.717, 1.165) is 11.8 Å². The van der Waals surface area contributed by atoms with Crippen LogP contribution in [-0.4, -0.2) is 39.2 Å². The summed E-state index contributed by atoms with van der Waals surface area (Å²) < 4.78 is 20.1. The number of benzene rings is 1. The molecule has 1 amide bonds. The van der Waals surface area contributed by atoms with Crippen LogP contribution in [0.15, 0.2) is 59.8 Å². The molecule has 2 aromatic heterocycles. The van der Waals surface area contributed by atoms with Crippen molar-refractivity contribution in [2.45, 2.75) is 6.92 Å². The number of cyclic esters (lactones) is 1. The largest absolute Gasteiger partial charge is 0.447 e. The first kappa shape index (κ1) is 19.3. The van der Waals surface area contributed by atoms with Crippen molar-refractivity contribution in [1.82, 2.24) is 20.0 Å². The van der Waals surface area contributed by atoms with Crippen molar-refractivity contribution in [3.8, 4) is 16.9 Å². The van der Waals surface area contributed by atoms with Gasteiger partial charge < -0.3 is 9.72 Å². The van der Waals surface area contributed by atoms with E-state index < -0.39 is 5.83 Å². The van der Waals surface area contributed by atoms with Crippen molar-refractivity contribution >= 4 is 17.9 Å². The van der Waals surface area contributed by atoms with Crippen LogP contribution in [0.4, 0.5) is 14.9 Å². The van der Waals surface area contributed by atoms with Gasteiger partial charge in [-0.3, -0.25) is 9.69 Å². The number of hydrogen-bond donors (Lipinski definition) is 1. The summed E-state index contributed by atoms with van der Waals surface area (Å²) in [4.78, 5) is 28.3. The van der Waals surface area contributed by atoms with E-state index in [1.807, 2.05) is 0 Å². The number of halogens is 1. The molecule has 0 spiro atoms. The Kier molecular flexibility index (Phi) is 5.01. The third-order valence-corrected chi connectivity index (χ3v) is 4.72. The number of H-pyrrole nitrogens is 1. The van der Waals surface area contributed by atoms with Crippen LogP contribution in [0, 0.1) is 6.92 Å². The number of pyridine rings is 1. The quantitative estimate of drug-likeness (QED) is 0.655. The first-order chi connectivity index (χ1) is 14.5. The van der Waals surface area contributed by atoms with E-state index in [0.29, 0.717) is 35.8 Å². The van der Waals surface area contributed by atoms with Gasteiger partial charge in [0.05, 0.1) is 24.0 Å². The molecule has 0 aliphatic carbocycles. The number of nitrogens with one attached hydrogen (secondary N) is 1. The normalized spacial score (nSPS) is 14.1. The van der Waals surface area contributed by atoms with E-state index in [1.165, 1.54) is 10.8 Å². The fourth-order valence-electron chi connectivity index (χ4n) is 3.11. The lowest BCUT2D eigenvalue weighted by molar-refractivity contribution is 0.181.